The lowest BCUT2D eigenvalue weighted by Gasteiger charge is -2.37. The lowest BCUT2D eigenvalue weighted by Crippen LogP contribution is -2.54. The fourth-order valence-electron chi connectivity index (χ4n) is 2.49. The van der Waals surface area contributed by atoms with Crippen molar-refractivity contribution in [1.82, 2.24) is 14.5 Å². The molecule has 1 aliphatic heterocycles. The van der Waals surface area contributed by atoms with Gasteiger partial charge in [-0.25, -0.2) is 13.1 Å². The summed E-state index contributed by atoms with van der Waals surface area (Å²) in [5, 5.41) is 9.20. The maximum absolute atomic E-state index is 11.7. The third-order valence-electron chi connectivity index (χ3n) is 3.93. The van der Waals surface area contributed by atoms with Gasteiger partial charge in [-0.3, -0.25) is 14.6 Å². The van der Waals surface area contributed by atoms with Gasteiger partial charge in [0.05, 0.1) is 4.90 Å². The number of rotatable bonds is 5. The van der Waals surface area contributed by atoms with Crippen LogP contribution in [0.2, 0.25) is 0 Å². The van der Waals surface area contributed by atoms with E-state index in [-0.39, 0.29) is 4.90 Å². The van der Waals surface area contributed by atoms with E-state index in [9.17, 15) is 18.3 Å². The van der Waals surface area contributed by atoms with Gasteiger partial charge in [0, 0.05) is 26.2 Å². The molecule has 0 amide bonds. The Bertz CT molecular complexity index is 630. The molecule has 0 radical (unpaired) electrons. The van der Waals surface area contributed by atoms with Gasteiger partial charge in [-0.05, 0) is 31.8 Å². The quantitative estimate of drug-likeness (QED) is 0.778. The molecule has 22 heavy (non-hydrogen) atoms. The molecule has 2 N–H and O–H groups in total. The van der Waals surface area contributed by atoms with Crippen LogP contribution in [0.3, 0.4) is 0 Å². The lowest BCUT2D eigenvalue weighted by molar-refractivity contribution is -0.145. The Morgan fingerprint density at radius 2 is 1.95 bits per heavy atom. The number of carbonyl (C=O) groups is 1. The lowest BCUT2D eigenvalue weighted by atomic mass is 10.1. The SMILES string of the molecule is CNS(=O)(=O)c1ccc(CN2CCN(C)[C@H](C(=O)O)C2)cc1. The van der Waals surface area contributed by atoms with Gasteiger partial charge in [0.25, 0.3) is 0 Å². The molecular weight excluding hydrogens is 306 g/mol. The zero-order valence-corrected chi connectivity index (χ0v) is 13.5. The van der Waals surface area contributed by atoms with Crippen LogP contribution in [0.5, 0.6) is 0 Å². The van der Waals surface area contributed by atoms with Gasteiger partial charge in [-0.1, -0.05) is 12.1 Å². The highest BCUT2D eigenvalue weighted by atomic mass is 32.2. The maximum atomic E-state index is 11.7. The first-order valence-electron chi connectivity index (χ1n) is 7.01. The van der Waals surface area contributed by atoms with Crippen LogP contribution >= 0.6 is 0 Å². The molecule has 0 unspecified atom stereocenters. The van der Waals surface area contributed by atoms with Crippen LogP contribution in [0, 0.1) is 0 Å². The van der Waals surface area contributed by atoms with E-state index in [2.05, 4.69) is 9.62 Å². The third kappa shape index (κ3) is 3.83. The Morgan fingerprint density at radius 1 is 1.32 bits per heavy atom. The molecule has 0 spiro atoms. The van der Waals surface area contributed by atoms with Crippen molar-refractivity contribution in [3.05, 3.63) is 29.8 Å². The van der Waals surface area contributed by atoms with Gasteiger partial charge < -0.3 is 5.11 Å². The number of likely N-dealkylation sites (N-methyl/N-ethyl adjacent to an activating group) is 1. The van der Waals surface area contributed by atoms with E-state index in [4.69, 9.17) is 0 Å². The molecule has 1 fully saturated rings. The summed E-state index contributed by atoms with van der Waals surface area (Å²) < 4.78 is 25.6. The molecule has 122 valence electrons. The van der Waals surface area contributed by atoms with Gasteiger partial charge in [-0.15, -0.1) is 0 Å². The molecule has 1 aromatic carbocycles. The van der Waals surface area contributed by atoms with Gasteiger partial charge in [0.1, 0.15) is 6.04 Å². The molecule has 7 nitrogen and oxygen atoms in total. The van der Waals surface area contributed by atoms with E-state index in [1.54, 1.807) is 24.3 Å². The molecule has 0 aliphatic carbocycles. The second kappa shape index (κ2) is 6.74. The van der Waals surface area contributed by atoms with E-state index < -0.39 is 22.0 Å². The van der Waals surface area contributed by atoms with Crippen molar-refractivity contribution in [2.45, 2.75) is 17.5 Å². The molecular formula is C14H21N3O4S. The van der Waals surface area contributed by atoms with Gasteiger partial charge >= 0.3 is 5.97 Å². The van der Waals surface area contributed by atoms with Crippen molar-refractivity contribution in [3.63, 3.8) is 0 Å². The molecule has 1 aliphatic rings. The number of piperazine rings is 1. The molecule has 0 saturated carbocycles. The summed E-state index contributed by atoms with van der Waals surface area (Å²) in [4.78, 5) is 15.3. The van der Waals surface area contributed by atoms with Crippen LogP contribution < -0.4 is 4.72 Å². The smallest absolute Gasteiger partial charge is 0.322 e. The van der Waals surface area contributed by atoms with Gasteiger partial charge in [-0.2, -0.15) is 0 Å². The number of carboxylic acid groups (broad SMARTS) is 1. The topological polar surface area (TPSA) is 90.0 Å². The normalized spacial score (nSPS) is 20.9. The van der Waals surface area contributed by atoms with E-state index in [1.807, 2.05) is 11.9 Å². The predicted molar refractivity (Wildman–Crippen MR) is 82.0 cm³/mol. The number of nitrogens with one attached hydrogen (secondary N) is 1. The van der Waals surface area contributed by atoms with Crippen LogP contribution in [0.4, 0.5) is 0 Å². The minimum atomic E-state index is -3.42. The average Bonchev–Trinajstić information content (AvgIpc) is 2.49. The Hall–Kier alpha value is -1.48. The van der Waals surface area contributed by atoms with Gasteiger partial charge in [0.2, 0.25) is 10.0 Å². The highest BCUT2D eigenvalue weighted by Crippen LogP contribution is 2.15. The molecule has 0 bridgehead atoms. The van der Waals surface area contributed by atoms with E-state index >= 15 is 0 Å². The van der Waals surface area contributed by atoms with Crippen molar-refractivity contribution in [2.24, 2.45) is 0 Å². The van der Waals surface area contributed by atoms with Crippen molar-refractivity contribution in [3.8, 4) is 0 Å². The largest absolute Gasteiger partial charge is 0.480 e. The molecule has 8 heteroatoms. The summed E-state index contributed by atoms with van der Waals surface area (Å²) in [6.07, 6.45) is 0. The summed E-state index contributed by atoms with van der Waals surface area (Å²) in [6.45, 7) is 2.56. The summed E-state index contributed by atoms with van der Waals surface area (Å²) in [5.74, 6) is -0.817. The maximum Gasteiger partial charge on any atom is 0.322 e. The van der Waals surface area contributed by atoms with Crippen molar-refractivity contribution in [2.75, 3.05) is 33.7 Å². The molecule has 1 aromatic rings. The first-order chi connectivity index (χ1) is 10.3. The fourth-order valence-corrected chi connectivity index (χ4v) is 3.22. The monoisotopic (exact) mass is 327 g/mol. The standard InChI is InChI=1S/C14H21N3O4S/c1-15-22(20,21)12-5-3-11(4-6-12)9-17-8-7-16(2)13(10-17)14(18)19/h3-6,13,15H,7-10H2,1-2H3,(H,18,19)/t13-/m0/s1. The summed E-state index contributed by atoms with van der Waals surface area (Å²) in [7, 11) is -0.236. The molecule has 1 atom stereocenters. The van der Waals surface area contributed by atoms with E-state index in [1.165, 1.54) is 7.05 Å². The summed E-state index contributed by atoms with van der Waals surface area (Å²) >= 11 is 0. The van der Waals surface area contributed by atoms with Crippen LogP contribution in [0.15, 0.2) is 29.2 Å². The molecule has 1 heterocycles. The zero-order valence-electron chi connectivity index (χ0n) is 12.7. The number of sulfonamides is 1. The highest BCUT2D eigenvalue weighted by molar-refractivity contribution is 7.89. The minimum Gasteiger partial charge on any atom is -0.480 e. The average molecular weight is 327 g/mol. The van der Waals surface area contributed by atoms with Crippen molar-refractivity contribution < 1.29 is 18.3 Å². The minimum absolute atomic E-state index is 0.223. The number of aliphatic carboxylic acids is 1. The predicted octanol–water partition coefficient (Wildman–Crippen LogP) is -0.205. The zero-order chi connectivity index (χ0) is 16.3. The first kappa shape index (κ1) is 16.9. The Kier molecular flexibility index (Phi) is 5.17. The molecule has 0 aromatic heterocycles. The van der Waals surface area contributed by atoms with Crippen molar-refractivity contribution in [1.29, 1.82) is 0 Å². The number of hydrogen-bond acceptors (Lipinski definition) is 5. The Balaban J connectivity index is 2.04. The van der Waals surface area contributed by atoms with E-state index in [0.29, 0.717) is 19.6 Å². The summed E-state index contributed by atoms with van der Waals surface area (Å²) in [5.41, 5.74) is 0.962. The number of carboxylic acids is 1. The second-order valence-corrected chi connectivity index (χ2v) is 7.31. The number of benzene rings is 1. The number of hydrogen-bond donors (Lipinski definition) is 2. The second-order valence-electron chi connectivity index (χ2n) is 5.42. The first-order valence-corrected chi connectivity index (χ1v) is 8.49. The Morgan fingerprint density at radius 3 is 2.50 bits per heavy atom. The van der Waals surface area contributed by atoms with Crippen LogP contribution in [-0.2, 0) is 21.4 Å². The van der Waals surface area contributed by atoms with Crippen molar-refractivity contribution >= 4 is 16.0 Å². The van der Waals surface area contributed by atoms with E-state index in [0.717, 1.165) is 12.1 Å². The summed E-state index contributed by atoms with van der Waals surface area (Å²) in [6, 6.07) is 6.15. The fraction of sp³-hybridized carbons (Fsp3) is 0.500. The Labute approximate surface area is 130 Å². The highest BCUT2D eigenvalue weighted by Gasteiger charge is 2.29. The van der Waals surface area contributed by atoms with Crippen LogP contribution in [0.1, 0.15) is 5.56 Å². The van der Waals surface area contributed by atoms with Crippen LogP contribution in [0.25, 0.3) is 0 Å². The molecule has 2 rings (SSSR count). The molecule has 1 saturated heterocycles. The van der Waals surface area contributed by atoms with Crippen LogP contribution in [-0.4, -0.2) is 69.1 Å². The van der Waals surface area contributed by atoms with Gasteiger partial charge in [0.15, 0.2) is 0 Å². The number of nitrogens with zero attached hydrogens (tertiary/aromatic N) is 2. The third-order valence-corrected chi connectivity index (χ3v) is 5.36.